The van der Waals surface area contributed by atoms with E-state index in [9.17, 15) is 14.4 Å². The molecule has 2 aromatic heterocycles. The van der Waals surface area contributed by atoms with Crippen LogP contribution in [0.3, 0.4) is 0 Å². The molecule has 7 nitrogen and oxygen atoms in total. The number of hydrogen-bond donors (Lipinski definition) is 1. The number of carbonyl (C=O) groups is 3. The Labute approximate surface area is 214 Å². The van der Waals surface area contributed by atoms with Gasteiger partial charge in [-0.15, -0.1) is 22.9 Å². The Bertz CT molecular complexity index is 1160. The van der Waals surface area contributed by atoms with Gasteiger partial charge in [0.25, 0.3) is 5.91 Å². The number of hydrogen-bond acceptors (Lipinski definition) is 7. The number of ether oxygens (including phenoxy) is 1. The number of amides is 1. The molecular formula is C26H30ClN3O4S. The predicted octanol–water partition coefficient (Wildman–Crippen LogP) is 3.69. The minimum absolute atomic E-state index is 0.00677. The number of pyridine rings is 1. The fourth-order valence-corrected chi connectivity index (χ4v) is 7.17. The third-order valence-electron chi connectivity index (χ3n) is 7.62. The van der Waals surface area contributed by atoms with E-state index in [1.807, 2.05) is 37.1 Å². The molecule has 1 aliphatic carbocycles. The van der Waals surface area contributed by atoms with Crippen molar-refractivity contribution in [2.45, 2.75) is 69.0 Å². The SMILES string of the molecule is Cc1cc(-c2ccc(C(=O)NCC(=O)C3(N4C[C@H](Cl)[C@H]5OCC(=O)[C@H]54)CCCCC3)s2)c(C)cn1. The van der Waals surface area contributed by atoms with Crippen molar-refractivity contribution in [3.8, 4) is 10.4 Å². The van der Waals surface area contributed by atoms with Gasteiger partial charge in [-0.25, -0.2) is 0 Å². The van der Waals surface area contributed by atoms with Crippen LogP contribution in [0, 0.1) is 13.8 Å². The molecule has 5 rings (SSSR count). The van der Waals surface area contributed by atoms with Crippen LogP contribution in [-0.2, 0) is 14.3 Å². The van der Waals surface area contributed by atoms with Crippen molar-refractivity contribution in [1.82, 2.24) is 15.2 Å². The molecule has 1 saturated carbocycles. The summed E-state index contributed by atoms with van der Waals surface area (Å²) >= 11 is 7.94. The summed E-state index contributed by atoms with van der Waals surface area (Å²) in [6, 6.07) is 5.27. The van der Waals surface area contributed by atoms with E-state index in [1.165, 1.54) is 11.3 Å². The van der Waals surface area contributed by atoms with Gasteiger partial charge < -0.3 is 10.1 Å². The normalized spacial score (nSPS) is 26.0. The Hall–Kier alpha value is -2.13. The van der Waals surface area contributed by atoms with Gasteiger partial charge >= 0.3 is 0 Å². The van der Waals surface area contributed by atoms with Gasteiger partial charge in [0.1, 0.15) is 12.6 Å². The number of aromatic nitrogens is 1. The minimum Gasteiger partial charge on any atom is -0.367 e. The first-order valence-corrected chi connectivity index (χ1v) is 13.5. The first kappa shape index (κ1) is 24.6. The van der Waals surface area contributed by atoms with E-state index in [0.717, 1.165) is 41.0 Å². The first-order chi connectivity index (χ1) is 16.8. The van der Waals surface area contributed by atoms with E-state index in [4.69, 9.17) is 16.3 Å². The monoisotopic (exact) mass is 515 g/mol. The highest BCUT2D eigenvalue weighted by atomic mass is 35.5. The second-order valence-electron chi connectivity index (χ2n) is 9.86. The number of aryl methyl sites for hydroxylation is 2. The Kier molecular flexibility index (Phi) is 6.83. The second-order valence-corrected chi connectivity index (χ2v) is 11.5. The highest BCUT2D eigenvalue weighted by molar-refractivity contribution is 7.17. The van der Waals surface area contributed by atoms with Crippen molar-refractivity contribution in [1.29, 1.82) is 0 Å². The highest BCUT2D eigenvalue weighted by Gasteiger charge is 2.58. The van der Waals surface area contributed by atoms with Crippen molar-refractivity contribution in [3.05, 3.63) is 40.5 Å². The largest absolute Gasteiger partial charge is 0.367 e. The molecule has 3 fully saturated rings. The molecule has 186 valence electrons. The zero-order valence-corrected chi connectivity index (χ0v) is 21.6. The predicted molar refractivity (Wildman–Crippen MR) is 135 cm³/mol. The average Bonchev–Trinajstić information content (AvgIpc) is 3.57. The van der Waals surface area contributed by atoms with E-state index in [-0.39, 0.29) is 42.1 Å². The number of nitrogens with zero attached hydrogens (tertiary/aromatic N) is 2. The molecule has 0 aromatic carbocycles. The zero-order valence-electron chi connectivity index (χ0n) is 20.0. The highest BCUT2D eigenvalue weighted by Crippen LogP contribution is 2.42. The van der Waals surface area contributed by atoms with Crippen LogP contribution in [0.4, 0.5) is 0 Å². The van der Waals surface area contributed by atoms with Gasteiger partial charge in [0, 0.05) is 23.3 Å². The number of carbonyl (C=O) groups excluding carboxylic acids is 3. The fraction of sp³-hybridized carbons (Fsp3) is 0.538. The minimum atomic E-state index is -0.784. The maximum absolute atomic E-state index is 13.7. The number of thiophene rings is 1. The molecule has 1 N–H and O–H groups in total. The van der Waals surface area contributed by atoms with Gasteiger partial charge in [-0.2, -0.15) is 0 Å². The molecule has 1 amide bonds. The number of Topliss-reactive ketones (excluding diaryl/α,β-unsaturated/α-hetero) is 2. The molecule has 4 heterocycles. The Morgan fingerprint density at radius 2 is 2.03 bits per heavy atom. The van der Waals surface area contributed by atoms with Crippen molar-refractivity contribution >= 4 is 40.4 Å². The summed E-state index contributed by atoms with van der Waals surface area (Å²) in [6.45, 7) is 4.36. The van der Waals surface area contributed by atoms with Crippen molar-refractivity contribution < 1.29 is 19.1 Å². The van der Waals surface area contributed by atoms with Crippen molar-refractivity contribution in [2.75, 3.05) is 19.7 Å². The molecule has 9 heteroatoms. The number of halogens is 1. The number of likely N-dealkylation sites (tertiary alicyclic amines) is 1. The Morgan fingerprint density at radius 1 is 1.26 bits per heavy atom. The molecule has 2 saturated heterocycles. The van der Waals surface area contributed by atoms with Gasteiger partial charge in [0.05, 0.1) is 28.4 Å². The van der Waals surface area contributed by atoms with Crippen LogP contribution < -0.4 is 5.32 Å². The third kappa shape index (κ3) is 4.46. The molecule has 0 unspecified atom stereocenters. The van der Waals surface area contributed by atoms with Crippen LogP contribution in [0.15, 0.2) is 24.4 Å². The van der Waals surface area contributed by atoms with E-state index >= 15 is 0 Å². The number of ketones is 2. The summed E-state index contributed by atoms with van der Waals surface area (Å²) in [6.07, 6.45) is 5.70. The summed E-state index contributed by atoms with van der Waals surface area (Å²) in [4.78, 5) is 47.2. The molecular weight excluding hydrogens is 486 g/mol. The van der Waals surface area contributed by atoms with Gasteiger partial charge in [-0.3, -0.25) is 24.3 Å². The van der Waals surface area contributed by atoms with Crippen LogP contribution in [0.1, 0.15) is 53.0 Å². The summed E-state index contributed by atoms with van der Waals surface area (Å²) in [5, 5.41) is 2.53. The van der Waals surface area contributed by atoms with E-state index in [2.05, 4.69) is 10.3 Å². The van der Waals surface area contributed by atoms with E-state index in [1.54, 1.807) is 6.07 Å². The molecule has 35 heavy (non-hydrogen) atoms. The number of fused-ring (bicyclic) bond motifs is 1. The first-order valence-electron chi connectivity index (χ1n) is 12.2. The lowest BCUT2D eigenvalue weighted by molar-refractivity contribution is -0.136. The Morgan fingerprint density at radius 3 is 2.80 bits per heavy atom. The molecule has 0 spiro atoms. The lowest BCUT2D eigenvalue weighted by atomic mass is 9.76. The smallest absolute Gasteiger partial charge is 0.261 e. The van der Waals surface area contributed by atoms with Gasteiger partial charge in [0.15, 0.2) is 11.6 Å². The van der Waals surface area contributed by atoms with Crippen LogP contribution in [-0.4, -0.2) is 70.1 Å². The molecule has 0 bridgehead atoms. The van der Waals surface area contributed by atoms with Crippen molar-refractivity contribution in [2.24, 2.45) is 0 Å². The third-order valence-corrected chi connectivity index (χ3v) is 9.12. The molecule has 0 radical (unpaired) electrons. The second kappa shape index (κ2) is 9.73. The molecule has 2 aromatic rings. The summed E-state index contributed by atoms with van der Waals surface area (Å²) in [5.74, 6) is -0.321. The Balaban J connectivity index is 1.31. The molecule has 3 aliphatic rings. The maximum Gasteiger partial charge on any atom is 0.261 e. The summed E-state index contributed by atoms with van der Waals surface area (Å²) in [7, 11) is 0. The van der Waals surface area contributed by atoms with Crippen LogP contribution in [0.2, 0.25) is 0 Å². The maximum atomic E-state index is 13.7. The average molecular weight is 516 g/mol. The van der Waals surface area contributed by atoms with Gasteiger partial charge in [0.2, 0.25) is 0 Å². The lowest BCUT2D eigenvalue weighted by Gasteiger charge is -2.45. The number of alkyl halides is 1. The number of nitrogens with one attached hydrogen (secondary N) is 1. The molecule has 3 atom stereocenters. The van der Waals surface area contributed by atoms with Gasteiger partial charge in [-0.1, -0.05) is 19.3 Å². The summed E-state index contributed by atoms with van der Waals surface area (Å²) < 4.78 is 5.65. The van der Waals surface area contributed by atoms with Gasteiger partial charge in [-0.05, 0) is 56.0 Å². The topological polar surface area (TPSA) is 88.6 Å². The number of rotatable bonds is 6. The standard InChI is InChI=1S/C26H30ClN3O4S/c1-15-11-28-16(2)10-17(15)20-6-7-21(35-20)25(33)29-12-22(32)26(8-4-3-5-9-26)30-13-18(27)24-23(30)19(31)14-34-24/h6-7,10-11,18,23-24H,3-5,8-9,12-14H2,1-2H3,(H,29,33)/t18-,23+,24+/m0/s1. The zero-order chi connectivity index (χ0) is 24.7. The quantitative estimate of drug-likeness (QED) is 0.590. The van der Waals surface area contributed by atoms with E-state index in [0.29, 0.717) is 24.3 Å². The van der Waals surface area contributed by atoms with Crippen LogP contribution >= 0.6 is 22.9 Å². The van der Waals surface area contributed by atoms with E-state index < -0.39 is 11.6 Å². The van der Waals surface area contributed by atoms with Crippen LogP contribution in [0.25, 0.3) is 10.4 Å². The van der Waals surface area contributed by atoms with Crippen LogP contribution in [0.5, 0.6) is 0 Å². The fourth-order valence-electron chi connectivity index (χ4n) is 5.81. The molecule has 2 aliphatic heterocycles. The lowest BCUT2D eigenvalue weighted by Crippen LogP contribution is -2.61. The summed E-state index contributed by atoms with van der Waals surface area (Å²) in [5.41, 5.74) is 2.24. The van der Waals surface area contributed by atoms with Crippen molar-refractivity contribution in [3.63, 3.8) is 0 Å².